The maximum absolute atomic E-state index is 12.5. The lowest BCUT2D eigenvalue weighted by Gasteiger charge is -2.05. The number of aryl methyl sites for hydroxylation is 1. The van der Waals surface area contributed by atoms with E-state index in [4.69, 9.17) is 4.42 Å². The van der Waals surface area contributed by atoms with Crippen molar-refractivity contribution in [3.05, 3.63) is 35.1 Å². The summed E-state index contributed by atoms with van der Waals surface area (Å²) in [6.45, 7) is 2.86. The number of halogens is 3. The van der Waals surface area contributed by atoms with Gasteiger partial charge in [-0.1, -0.05) is 0 Å². The molecule has 0 bridgehead atoms. The minimum Gasteiger partial charge on any atom is -0.461 e. The van der Waals surface area contributed by atoms with Crippen LogP contribution >= 0.6 is 0 Å². The molecule has 0 fully saturated rings. The highest BCUT2D eigenvalue weighted by Gasteiger charge is 2.31. The van der Waals surface area contributed by atoms with Crippen LogP contribution in [0.5, 0.6) is 0 Å². The first-order valence-electron chi connectivity index (χ1n) is 4.92. The number of alkyl halides is 3. The summed E-state index contributed by atoms with van der Waals surface area (Å²) in [6, 6.07) is 3.12. The fourth-order valence-corrected chi connectivity index (χ4v) is 1.83. The van der Waals surface area contributed by atoms with Gasteiger partial charge in [0.15, 0.2) is 5.78 Å². The predicted octanol–water partition coefficient (Wildman–Crippen LogP) is 3.96. The summed E-state index contributed by atoms with van der Waals surface area (Å²) in [5.41, 5.74) is -0.278. The van der Waals surface area contributed by atoms with E-state index in [-0.39, 0.29) is 16.7 Å². The second-order valence-corrected chi connectivity index (χ2v) is 3.80. The number of furan rings is 1. The summed E-state index contributed by atoms with van der Waals surface area (Å²) in [7, 11) is 0. The number of carbonyl (C=O) groups excluding carboxylic acids is 1. The van der Waals surface area contributed by atoms with Crippen LogP contribution in [-0.2, 0) is 6.18 Å². The van der Waals surface area contributed by atoms with Gasteiger partial charge in [-0.25, -0.2) is 0 Å². The molecule has 0 aliphatic carbocycles. The van der Waals surface area contributed by atoms with Crippen LogP contribution in [0.2, 0.25) is 0 Å². The summed E-state index contributed by atoms with van der Waals surface area (Å²) in [5.74, 6) is 0.0346. The molecular weight excluding hydrogens is 233 g/mol. The van der Waals surface area contributed by atoms with E-state index in [2.05, 4.69) is 0 Å². The average Bonchev–Trinajstić information content (AvgIpc) is 2.50. The molecule has 0 N–H and O–H groups in total. The molecule has 0 aliphatic rings. The lowest BCUT2D eigenvalue weighted by atomic mass is 10.1. The Labute approximate surface area is 95.0 Å². The molecule has 0 unspecified atom stereocenters. The molecule has 1 aromatic heterocycles. The van der Waals surface area contributed by atoms with E-state index in [1.807, 2.05) is 0 Å². The van der Waals surface area contributed by atoms with E-state index in [0.29, 0.717) is 11.3 Å². The largest absolute Gasteiger partial charge is 0.461 e. The van der Waals surface area contributed by atoms with Crippen molar-refractivity contribution in [2.75, 3.05) is 0 Å². The van der Waals surface area contributed by atoms with Crippen molar-refractivity contribution in [1.82, 2.24) is 0 Å². The predicted molar refractivity (Wildman–Crippen MR) is 56.0 cm³/mol. The van der Waals surface area contributed by atoms with Crippen molar-refractivity contribution in [2.24, 2.45) is 0 Å². The topological polar surface area (TPSA) is 30.2 Å². The van der Waals surface area contributed by atoms with Gasteiger partial charge in [-0.3, -0.25) is 4.79 Å². The molecule has 0 spiro atoms. The van der Waals surface area contributed by atoms with E-state index in [1.54, 1.807) is 6.92 Å². The van der Waals surface area contributed by atoms with Crippen LogP contribution in [-0.4, -0.2) is 5.78 Å². The highest BCUT2D eigenvalue weighted by molar-refractivity contribution is 6.07. The normalized spacial score (nSPS) is 12.1. The maximum atomic E-state index is 12.5. The van der Waals surface area contributed by atoms with Crippen molar-refractivity contribution in [3.63, 3.8) is 0 Å². The zero-order valence-corrected chi connectivity index (χ0v) is 9.18. The average molecular weight is 242 g/mol. The van der Waals surface area contributed by atoms with Gasteiger partial charge in [0.2, 0.25) is 0 Å². The third kappa shape index (κ3) is 1.92. The fraction of sp³-hybridized carbons (Fsp3) is 0.250. The van der Waals surface area contributed by atoms with Gasteiger partial charge in [-0.2, -0.15) is 13.2 Å². The molecule has 0 aliphatic heterocycles. The third-order valence-electron chi connectivity index (χ3n) is 2.54. The molecule has 1 aromatic carbocycles. The van der Waals surface area contributed by atoms with E-state index < -0.39 is 11.7 Å². The number of carbonyl (C=O) groups is 1. The Morgan fingerprint density at radius 3 is 2.47 bits per heavy atom. The van der Waals surface area contributed by atoms with Gasteiger partial charge < -0.3 is 4.42 Å². The summed E-state index contributed by atoms with van der Waals surface area (Å²) >= 11 is 0. The van der Waals surface area contributed by atoms with Gasteiger partial charge in [-0.05, 0) is 32.0 Å². The summed E-state index contributed by atoms with van der Waals surface area (Å²) in [5, 5.41) is 0.213. The van der Waals surface area contributed by atoms with Crippen molar-refractivity contribution >= 4 is 16.8 Å². The van der Waals surface area contributed by atoms with Crippen LogP contribution < -0.4 is 0 Å². The Morgan fingerprint density at radius 2 is 1.94 bits per heavy atom. The Kier molecular flexibility index (Phi) is 2.49. The number of ketones is 1. The van der Waals surface area contributed by atoms with Crippen LogP contribution in [0, 0.1) is 6.92 Å². The molecule has 0 saturated carbocycles. The summed E-state index contributed by atoms with van der Waals surface area (Å²) in [6.07, 6.45) is -4.42. The molecule has 2 rings (SSSR count). The monoisotopic (exact) mass is 242 g/mol. The van der Waals surface area contributed by atoms with Gasteiger partial charge in [0.25, 0.3) is 0 Å². The van der Waals surface area contributed by atoms with Crippen LogP contribution in [0.25, 0.3) is 11.0 Å². The van der Waals surface area contributed by atoms with Crippen molar-refractivity contribution < 1.29 is 22.4 Å². The fourth-order valence-electron chi connectivity index (χ4n) is 1.83. The van der Waals surface area contributed by atoms with Crippen molar-refractivity contribution in [3.8, 4) is 0 Å². The second-order valence-electron chi connectivity index (χ2n) is 3.80. The number of fused-ring (bicyclic) bond motifs is 1. The van der Waals surface area contributed by atoms with Crippen LogP contribution in [0.1, 0.15) is 28.6 Å². The molecule has 90 valence electrons. The number of Topliss-reactive ketones (excluding diaryl/α,β-unsaturated/α-hetero) is 1. The van der Waals surface area contributed by atoms with E-state index >= 15 is 0 Å². The number of hydrogen-bond acceptors (Lipinski definition) is 2. The van der Waals surface area contributed by atoms with Crippen LogP contribution in [0.4, 0.5) is 13.2 Å². The standard InChI is InChI=1S/C12H9F3O2/c1-6(16)11-7(2)17-10-4-3-8(5-9(10)11)12(13,14)15/h3-5H,1-2H3. The van der Waals surface area contributed by atoms with Gasteiger partial charge in [-0.15, -0.1) is 0 Å². The highest BCUT2D eigenvalue weighted by Crippen LogP contribution is 2.34. The first kappa shape index (κ1) is 11.7. The molecule has 1 heterocycles. The quantitative estimate of drug-likeness (QED) is 0.708. The lowest BCUT2D eigenvalue weighted by molar-refractivity contribution is -0.137. The zero-order chi connectivity index (χ0) is 12.8. The molecule has 17 heavy (non-hydrogen) atoms. The molecule has 2 aromatic rings. The SMILES string of the molecule is CC(=O)c1c(C)oc2ccc(C(F)(F)F)cc12. The van der Waals surface area contributed by atoms with E-state index in [9.17, 15) is 18.0 Å². The Hall–Kier alpha value is -1.78. The first-order chi connectivity index (χ1) is 7.80. The van der Waals surface area contributed by atoms with Crippen molar-refractivity contribution in [1.29, 1.82) is 0 Å². The summed E-state index contributed by atoms with van der Waals surface area (Å²) < 4.78 is 42.9. The zero-order valence-electron chi connectivity index (χ0n) is 9.18. The van der Waals surface area contributed by atoms with Gasteiger partial charge >= 0.3 is 6.18 Å². The smallest absolute Gasteiger partial charge is 0.416 e. The van der Waals surface area contributed by atoms with Crippen LogP contribution in [0.15, 0.2) is 22.6 Å². The Morgan fingerprint density at radius 1 is 1.29 bits per heavy atom. The first-order valence-corrected chi connectivity index (χ1v) is 4.92. The number of benzene rings is 1. The number of hydrogen-bond donors (Lipinski definition) is 0. The van der Waals surface area contributed by atoms with Crippen LogP contribution in [0.3, 0.4) is 0 Å². The maximum Gasteiger partial charge on any atom is 0.416 e. The molecule has 0 radical (unpaired) electrons. The molecule has 0 saturated heterocycles. The Bertz CT molecular complexity index is 594. The lowest BCUT2D eigenvalue weighted by Crippen LogP contribution is -2.04. The summed E-state index contributed by atoms with van der Waals surface area (Å²) in [4.78, 5) is 11.4. The third-order valence-corrected chi connectivity index (χ3v) is 2.54. The molecule has 0 amide bonds. The van der Waals surface area contributed by atoms with Gasteiger partial charge in [0, 0.05) is 5.39 Å². The van der Waals surface area contributed by atoms with Gasteiger partial charge in [0.05, 0.1) is 11.1 Å². The molecule has 5 heteroatoms. The number of rotatable bonds is 1. The van der Waals surface area contributed by atoms with Gasteiger partial charge in [0.1, 0.15) is 11.3 Å². The molecule has 2 nitrogen and oxygen atoms in total. The Balaban J connectivity index is 2.75. The van der Waals surface area contributed by atoms with E-state index in [0.717, 1.165) is 12.1 Å². The van der Waals surface area contributed by atoms with E-state index in [1.165, 1.54) is 13.0 Å². The molecule has 0 atom stereocenters. The second kappa shape index (κ2) is 3.61. The highest BCUT2D eigenvalue weighted by atomic mass is 19.4. The minimum absolute atomic E-state index is 0.213. The van der Waals surface area contributed by atoms with Crippen molar-refractivity contribution in [2.45, 2.75) is 20.0 Å². The minimum atomic E-state index is -4.42. The molecular formula is C12H9F3O2.